The van der Waals surface area contributed by atoms with Gasteiger partial charge in [-0.2, -0.15) is 13.2 Å². The summed E-state index contributed by atoms with van der Waals surface area (Å²) in [6.07, 6.45) is -4.56. The number of ether oxygens (including phenoxy) is 1. The number of benzene rings is 2. The molecule has 0 aromatic heterocycles. The molecule has 3 rings (SSSR count). The zero-order valence-electron chi connectivity index (χ0n) is 13.2. The van der Waals surface area contributed by atoms with Crippen LogP contribution in [0.3, 0.4) is 0 Å². The summed E-state index contributed by atoms with van der Waals surface area (Å²) < 4.78 is 46.7. The Kier molecular flexibility index (Phi) is 5.03. The number of anilines is 1. The largest absolute Gasteiger partial charge is 0.497 e. The fourth-order valence-corrected chi connectivity index (χ4v) is 3.32. The number of hydrogen-bond donors (Lipinski definition) is 0. The van der Waals surface area contributed by atoms with Crippen LogP contribution in [-0.4, -0.2) is 25.7 Å². The number of nitrogens with zero attached hydrogens (tertiary/aromatic N) is 2. The topological polar surface area (TPSA) is 24.8 Å². The Morgan fingerprint density at radius 2 is 1.68 bits per heavy atom. The molecule has 1 aliphatic heterocycles. The molecular formula is C18H14F3IN2O. The molecule has 0 radical (unpaired) electrons. The second-order valence-corrected chi connectivity index (χ2v) is 6.59. The van der Waals surface area contributed by atoms with Crippen molar-refractivity contribution in [3.05, 3.63) is 63.7 Å². The number of halogens is 4. The van der Waals surface area contributed by atoms with E-state index in [0.717, 1.165) is 3.58 Å². The van der Waals surface area contributed by atoms with Crippen molar-refractivity contribution in [1.29, 1.82) is 0 Å². The van der Waals surface area contributed by atoms with Crippen molar-refractivity contribution in [2.24, 2.45) is 4.99 Å². The first-order valence-corrected chi connectivity index (χ1v) is 8.49. The minimum atomic E-state index is -4.56. The number of alkyl halides is 3. The molecule has 0 atom stereocenters. The Balaban J connectivity index is 2.16. The van der Waals surface area contributed by atoms with Crippen LogP contribution in [-0.2, 0) is 0 Å². The third kappa shape index (κ3) is 3.65. The molecule has 0 saturated carbocycles. The average Bonchev–Trinajstić information content (AvgIpc) is 2.61. The first-order chi connectivity index (χ1) is 11.9. The summed E-state index contributed by atoms with van der Waals surface area (Å²) in [6.45, 7) is 0.00624. The van der Waals surface area contributed by atoms with E-state index in [2.05, 4.69) is 27.6 Å². The number of methoxy groups -OCH3 is 1. The minimum absolute atomic E-state index is 0.00624. The Morgan fingerprint density at radius 1 is 1.04 bits per heavy atom. The van der Waals surface area contributed by atoms with E-state index in [4.69, 9.17) is 4.74 Å². The maximum Gasteiger partial charge on any atom is 0.449 e. The molecule has 2 aromatic rings. The van der Waals surface area contributed by atoms with Gasteiger partial charge < -0.3 is 4.74 Å². The highest BCUT2D eigenvalue weighted by Crippen LogP contribution is 2.39. The van der Waals surface area contributed by atoms with E-state index in [9.17, 15) is 13.2 Å². The highest BCUT2D eigenvalue weighted by Gasteiger charge is 2.43. The molecular weight excluding hydrogens is 444 g/mol. The zero-order chi connectivity index (χ0) is 18.0. The number of amidine groups is 1. The van der Waals surface area contributed by atoms with Gasteiger partial charge in [-0.25, -0.2) is 0 Å². The van der Waals surface area contributed by atoms with Crippen LogP contribution in [0.1, 0.15) is 5.56 Å². The molecule has 0 N–H and O–H groups in total. The molecule has 3 nitrogen and oxygen atoms in total. The lowest BCUT2D eigenvalue weighted by molar-refractivity contribution is -0.0599. The van der Waals surface area contributed by atoms with Gasteiger partial charge in [0.1, 0.15) is 5.75 Å². The number of hydrogen-bond acceptors (Lipinski definition) is 3. The summed E-state index contributed by atoms with van der Waals surface area (Å²) in [4.78, 5) is 4.95. The quantitative estimate of drug-likeness (QED) is 0.585. The highest BCUT2D eigenvalue weighted by molar-refractivity contribution is 14.1. The summed E-state index contributed by atoms with van der Waals surface area (Å²) in [5.74, 6) is -0.344. The van der Waals surface area contributed by atoms with Crippen LogP contribution < -0.4 is 9.64 Å². The average molecular weight is 458 g/mol. The third-order valence-electron chi connectivity index (χ3n) is 3.69. The predicted octanol–water partition coefficient (Wildman–Crippen LogP) is 5.28. The monoisotopic (exact) mass is 458 g/mol. The summed E-state index contributed by atoms with van der Waals surface area (Å²) in [5, 5.41) is 0. The summed E-state index contributed by atoms with van der Waals surface area (Å²) in [6, 6.07) is 15.5. The van der Waals surface area contributed by atoms with E-state index in [-0.39, 0.29) is 6.54 Å². The van der Waals surface area contributed by atoms with Gasteiger partial charge in [0.2, 0.25) is 5.84 Å². The molecule has 2 aromatic carbocycles. The molecule has 25 heavy (non-hydrogen) atoms. The second-order valence-electron chi connectivity index (χ2n) is 5.29. The van der Waals surface area contributed by atoms with Gasteiger partial charge in [0.05, 0.1) is 19.4 Å². The van der Waals surface area contributed by atoms with E-state index in [0.29, 0.717) is 22.7 Å². The minimum Gasteiger partial charge on any atom is -0.497 e. The van der Waals surface area contributed by atoms with E-state index < -0.39 is 12.0 Å². The van der Waals surface area contributed by atoms with Crippen molar-refractivity contribution in [2.75, 3.05) is 18.6 Å². The van der Waals surface area contributed by atoms with Crippen LogP contribution >= 0.6 is 22.6 Å². The fourth-order valence-electron chi connectivity index (χ4n) is 2.60. The lowest BCUT2D eigenvalue weighted by Crippen LogP contribution is -2.43. The Morgan fingerprint density at radius 3 is 2.24 bits per heavy atom. The lowest BCUT2D eigenvalue weighted by Gasteiger charge is -2.33. The molecule has 130 valence electrons. The Labute approximate surface area is 157 Å². The van der Waals surface area contributed by atoms with Crippen LogP contribution in [0, 0.1) is 0 Å². The van der Waals surface area contributed by atoms with Crippen molar-refractivity contribution in [2.45, 2.75) is 6.18 Å². The zero-order valence-corrected chi connectivity index (χ0v) is 15.4. The molecule has 0 bridgehead atoms. The van der Waals surface area contributed by atoms with E-state index in [1.807, 2.05) is 6.07 Å². The fraction of sp³-hybridized carbons (Fsp3) is 0.167. The van der Waals surface area contributed by atoms with Crippen molar-refractivity contribution in [3.8, 4) is 5.75 Å². The van der Waals surface area contributed by atoms with Crippen molar-refractivity contribution >= 4 is 39.8 Å². The maximum atomic E-state index is 13.6. The molecule has 1 aliphatic rings. The van der Waals surface area contributed by atoms with Gasteiger partial charge in [-0.05, 0) is 52.4 Å². The maximum absolute atomic E-state index is 13.6. The Hall–Kier alpha value is -2.03. The van der Waals surface area contributed by atoms with Crippen LogP contribution in [0.15, 0.2) is 63.2 Å². The van der Waals surface area contributed by atoms with E-state index >= 15 is 0 Å². The first-order valence-electron chi connectivity index (χ1n) is 7.41. The molecule has 0 saturated heterocycles. The van der Waals surface area contributed by atoms with Crippen LogP contribution in [0.4, 0.5) is 18.9 Å². The molecule has 0 fully saturated rings. The first kappa shape index (κ1) is 17.8. The smallest absolute Gasteiger partial charge is 0.449 e. The van der Waals surface area contributed by atoms with E-state index in [1.54, 1.807) is 48.5 Å². The molecule has 0 unspecified atom stereocenters. The lowest BCUT2D eigenvalue weighted by atomic mass is 10.1. The van der Waals surface area contributed by atoms with Gasteiger partial charge in [0.15, 0.2) is 0 Å². The van der Waals surface area contributed by atoms with Crippen LogP contribution in [0.2, 0.25) is 0 Å². The van der Waals surface area contributed by atoms with Crippen LogP contribution in [0.25, 0.3) is 5.70 Å². The van der Waals surface area contributed by atoms with Crippen LogP contribution in [0.5, 0.6) is 5.75 Å². The molecule has 7 heteroatoms. The molecule has 0 spiro atoms. The third-order valence-corrected chi connectivity index (χ3v) is 4.54. The van der Waals surface area contributed by atoms with Gasteiger partial charge >= 0.3 is 6.18 Å². The van der Waals surface area contributed by atoms with Gasteiger partial charge in [-0.15, -0.1) is 0 Å². The summed E-state index contributed by atoms with van der Waals surface area (Å²) in [5.41, 5.74) is 1.58. The van der Waals surface area contributed by atoms with Gasteiger partial charge in [0.25, 0.3) is 0 Å². The highest BCUT2D eigenvalue weighted by atomic mass is 127. The number of rotatable bonds is 3. The van der Waals surface area contributed by atoms with Gasteiger partial charge in [0, 0.05) is 9.27 Å². The van der Waals surface area contributed by atoms with Crippen molar-refractivity contribution < 1.29 is 17.9 Å². The predicted molar refractivity (Wildman–Crippen MR) is 101 cm³/mol. The molecule has 0 aliphatic carbocycles. The van der Waals surface area contributed by atoms with Gasteiger partial charge in [-0.1, -0.05) is 30.3 Å². The SMILES string of the molecule is COc1ccc(N2C(C(F)(F)F)=NCC(I)=C2c2ccccc2)cc1. The second kappa shape index (κ2) is 7.07. The summed E-state index contributed by atoms with van der Waals surface area (Å²) >= 11 is 2.06. The van der Waals surface area contributed by atoms with Crippen molar-refractivity contribution in [1.82, 2.24) is 0 Å². The standard InChI is InChI=1S/C18H14F3IN2O/c1-25-14-9-7-13(8-10-14)24-16(12-5-3-2-4-6-12)15(22)11-23-17(24)18(19,20)21/h2-10H,11H2,1H3. The van der Waals surface area contributed by atoms with E-state index in [1.165, 1.54) is 12.0 Å². The normalized spacial score (nSPS) is 15.2. The van der Waals surface area contributed by atoms with Crippen molar-refractivity contribution in [3.63, 3.8) is 0 Å². The Bertz CT molecular complexity index is 814. The molecule has 0 amide bonds. The number of aliphatic imine (C=N–C) groups is 1. The summed E-state index contributed by atoms with van der Waals surface area (Å²) in [7, 11) is 1.51. The molecule has 1 heterocycles. The van der Waals surface area contributed by atoms with Gasteiger partial charge in [-0.3, -0.25) is 9.89 Å².